The fourth-order valence-corrected chi connectivity index (χ4v) is 3.01. The van der Waals surface area contributed by atoms with Gasteiger partial charge in [0.05, 0.1) is 5.52 Å². The second-order valence-corrected chi connectivity index (χ2v) is 6.77. The molecule has 1 aromatic heterocycles. The van der Waals surface area contributed by atoms with Crippen LogP contribution in [-0.4, -0.2) is 22.2 Å². The van der Waals surface area contributed by atoms with Crippen molar-refractivity contribution in [1.29, 1.82) is 0 Å². The first-order chi connectivity index (χ1) is 12.5. The lowest BCUT2D eigenvalue weighted by molar-refractivity contribution is -0.120. The Morgan fingerprint density at radius 1 is 1.27 bits per heavy atom. The summed E-state index contributed by atoms with van der Waals surface area (Å²) in [5.74, 6) is -0.0881. The van der Waals surface area contributed by atoms with Gasteiger partial charge in [-0.2, -0.15) is 0 Å². The number of aromatic hydroxyl groups is 1. The Bertz CT molecular complexity index is 984. The number of azo groups is 1. The van der Waals surface area contributed by atoms with Gasteiger partial charge in [-0.05, 0) is 49.4 Å². The number of aryl methyl sites for hydroxylation is 1. The molecule has 0 radical (unpaired) electrons. The number of hydrogen-bond acceptors (Lipinski definition) is 4. The molecule has 26 heavy (non-hydrogen) atoms. The molecule has 0 aliphatic heterocycles. The van der Waals surface area contributed by atoms with Gasteiger partial charge in [-0.3, -0.25) is 4.79 Å². The number of amides is 1. The minimum absolute atomic E-state index is 0.0317. The highest BCUT2D eigenvalue weighted by Crippen LogP contribution is 2.39. The van der Waals surface area contributed by atoms with Gasteiger partial charge < -0.3 is 14.4 Å². The van der Waals surface area contributed by atoms with Gasteiger partial charge in [0, 0.05) is 21.4 Å². The maximum atomic E-state index is 11.9. The van der Waals surface area contributed by atoms with Crippen LogP contribution in [-0.2, 0) is 11.3 Å². The highest BCUT2D eigenvalue weighted by atomic mass is 79.9. The Labute approximate surface area is 163 Å². The molecule has 0 aliphatic rings. The van der Waals surface area contributed by atoms with E-state index in [0.717, 1.165) is 9.99 Å². The summed E-state index contributed by atoms with van der Waals surface area (Å²) >= 11 is 9.19. The molecule has 0 saturated heterocycles. The number of hydrogen-bond donors (Lipinski definition) is 1. The lowest BCUT2D eigenvalue weighted by Gasteiger charge is -2.02. The monoisotopic (exact) mass is 435 g/mol. The maximum Gasteiger partial charge on any atom is 0.302 e. The molecule has 0 fully saturated rings. The van der Waals surface area contributed by atoms with Crippen LogP contribution in [0.4, 0.5) is 5.69 Å². The van der Waals surface area contributed by atoms with Crippen LogP contribution in [0.25, 0.3) is 10.9 Å². The third kappa shape index (κ3) is 3.89. The lowest BCUT2D eigenvalue weighted by Crippen LogP contribution is -2.07. The zero-order valence-electron chi connectivity index (χ0n) is 13.8. The zero-order chi connectivity index (χ0) is 18.7. The molecule has 134 valence electrons. The quantitative estimate of drug-likeness (QED) is 0.539. The summed E-state index contributed by atoms with van der Waals surface area (Å²) in [6.45, 7) is 2.21. The Morgan fingerprint density at radius 2 is 2.00 bits per heavy atom. The Hall–Kier alpha value is -2.38. The molecule has 3 aromatic rings. The van der Waals surface area contributed by atoms with Crippen LogP contribution in [0.2, 0.25) is 5.02 Å². The van der Waals surface area contributed by atoms with E-state index in [1.54, 1.807) is 28.8 Å². The van der Waals surface area contributed by atoms with Gasteiger partial charge in [-0.1, -0.05) is 27.5 Å². The molecule has 3 rings (SSSR count). The molecule has 0 spiro atoms. The van der Waals surface area contributed by atoms with Gasteiger partial charge in [0.25, 0.3) is 0 Å². The van der Waals surface area contributed by atoms with Gasteiger partial charge in [0.2, 0.25) is 5.88 Å². The molecule has 1 heterocycles. The van der Waals surface area contributed by atoms with Crippen LogP contribution in [0.5, 0.6) is 11.6 Å². The van der Waals surface area contributed by atoms with E-state index in [4.69, 9.17) is 16.3 Å². The summed E-state index contributed by atoms with van der Waals surface area (Å²) in [4.78, 5) is 11.9. The lowest BCUT2D eigenvalue weighted by atomic mass is 10.2. The summed E-state index contributed by atoms with van der Waals surface area (Å²) in [5, 5.41) is 19.3. The van der Waals surface area contributed by atoms with E-state index in [9.17, 15) is 9.90 Å². The number of fused-ring (bicyclic) bond motifs is 1. The molecule has 6 nitrogen and oxygen atoms in total. The minimum atomic E-state index is -0.563. The maximum absolute atomic E-state index is 11.9. The van der Waals surface area contributed by atoms with Crippen molar-refractivity contribution in [3.05, 3.63) is 52.0 Å². The van der Waals surface area contributed by atoms with E-state index in [1.165, 1.54) is 0 Å². The number of rotatable bonds is 5. The SMILES string of the molecule is CCn1c(O)c(N=NC(=O)COc2ccc(Cl)cc2)c2cc(Br)ccc21. The Balaban J connectivity index is 1.79. The first-order valence-corrected chi connectivity index (χ1v) is 9.00. The molecule has 8 heteroatoms. The number of nitrogens with zero attached hydrogens (tertiary/aromatic N) is 3. The summed E-state index contributed by atoms with van der Waals surface area (Å²) in [7, 11) is 0. The van der Waals surface area contributed by atoms with Crippen molar-refractivity contribution in [2.75, 3.05) is 6.61 Å². The number of carbonyl (C=O) groups is 1. The van der Waals surface area contributed by atoms with Crippen molar-refractivity contribution in [3.63, 3.8) is 0 Å². The molecule has 2 aromatic carbocycles. The Morgan fingerprint density at radius 3 is 2.69 bits per heavy atom. The predicted molar refractivity (Wildman–Crippen MR) is 103 cm³/mol. The highest BCUT2D eigenvalue weighted by Gasteiger charge is 2.16. The smallest absolute Gasteiger partial charge is 0.302 e. The van der Waals surface area contributed by atoms with Crippen molar-refractivity contribution >= 4 is 50.0 Å². The number of aromatic nitrogens is 1. The topological polar surface area (TPSA) is 76.2 Å². The molecule has 0 aliphatic carbocycles. The van der Waals surface area contributed by atoms with Crippen LogP contribution < -0.4 is 4.74 Å². The Kier molecular flexibility index (Phi) is 5.58. The normalized spacial score (nSPS) is 11.3. The molecule has 1 N–H and O–H groups in total. The molecule has 0 atom stereocenters. The summed E-state index contributed by atoms with van der Waals surface area (Å²) < 4.78 is 7.88. The standard InChI is InChI=1S/C18H15BrClN3O3/c1-2-23-15-8-3-11(19)9-14(15)17(18(23)25)22-21-16(24)10-26-13-6-4-12(20)5-7-13/h3-9,25H,2,10H2,1H3. The number of benzene rings is 2. The average molecular weight is 437 g/mol. The number of halogens is 2. The molecule has 0 saturated carbocycles. The molecule has 1 amide bonds. The van der Waals surface area contributed by atoms with Crippen molar-refractivity contribution in [2.24, 2.45) is 10.2 Å². The highest BCUT2D eigenvalue weighted by molar-refractivity contribution is 9.10. The van der Waals surface area contributed by atoms with Gasteiger partial charge in [0.1, 0.15) is 5.75 Å². The van der Waals surface area contributed by atoms with Crippen molar-refractivity contribution in [3.8, 4) is 11.6 Å². The molecule has 0 bridgehead atoms. The number of carbonyl (C=O) groups excluding carboxylic acids is 1. The van der Waals surface area contributed by atoms with E-state index in [2.05, 4.69) is 26.2 Å². The van der Waals surface area contributed by atoms with Gasteiger partial charge in [-0.25, -0.2) is 0 Å². The van der Waals surface area contributed by atoms with Gasteiger partial charge >= 0.3 is 5.91 Å². The van der Waals surface area contributed by atoms with Crippen LogP contribution in [0.1, 0.15) is 6.92 Å². The van der Waals surface area contributed by atoms with Crippen LogP contribution in [0.3, 0.4) is 0 Å². The van der Waals surface area contributed by atoms with Gasteiger partial charge in [-0.15, -0.1) is 10.2 Å². The second-order valence-electron chi connectivity index (χ2n) is 5.41. The predicted octanol–water partition coefficient (Wildman–Crippen LogP) is 5.47. The molecule has 0 unspecified atom stereocenters. The van der Waals surface area contributed by atoms with Gasteiger partial charge in [0.15, 0.2) is 12.3 Å². The summed E-state index contributed by atoms with van der Waals surface area (Å²) in [6, 6.07) is 12.2. The average Bonchev–Trinajstić information content (AvgIpc) is 2.89. The fourth-order valence-electron chi connectivity index (χ4n) is 2.52. The fraction of sp³-hybridized carbons (Fsp3) is 0.167. The third-order valence-corrected chi connectivity index (χ3v) is 4.47. The first-order valence-electron chi connectivity index (χ1n) is 7.83. The van der Waals surface area contributed by atoms with Crippen LogP contribution in [0.15, 0.2) is 57.2 Å². The third-order valence-electron chi connectivity index (χ3n) is 3.73. The first kappa shape index (κ1) is 18.4. The molecular weight excluding hydrogens is 422 g/mol. The van der Waals surface area contributed by atoms with E-state index in [1.807, 2.05) is 25.1 Å². The second kappa shape index (κ2) is 7.88. The molecular formula is C18H15BrClN3O3. The van der Waals surface area contributed by atoms with Crippen LogP contribution in [0, 0.1) is 0 Å². The van der Waals surface area contributed by atoms with Crippen molar-refractivity contribution < 1.29 is 14.6 Å². The van der Waals surface area contributed by atoms with E-state index in [-0.39, 0.29) is 18.2 Å². The summed E-state index contributed by atoms with van der Waals surface area (Å²) in [6.07, 6.45) is 0. The number of ether oxygens (including phenoxy) is 1. The minimum Gasteiger partial charge on any atom is -0.493 e. The van der Waals surface area contributed by atoms with Crippen LogP contribution >= 0.6 is 27.5 Å². The van der Waals surface area contributed by atoms with E-state index in [0.29, 0.717) is 22.7 Å². The van der Waals surface area contributed by atoms with Crippen molar-refractivity contribution in [1.82, 2.24) is 4.57 Å². The van der Waals surface area contributed by atoms with E-state index >= 15 is 0 Å². The zero-order valence-corrected chi connectivity index (χ0v) is 16.2. The largest absolute Gasteiger partial charge is 0.493 e. The van der Waals surface area contributed by atoms with Crippen molar-refractivity contribution in [2.45, 2.75) is 13.5 Å². The summed E-state index contributed by atoms with van der Waals surface area (Å²) in [5.41, 5.74) is 1.06. The van der Waals surface area contributed by atoms with E-state index < -0.39 is 5.91 Å².